The standard InChI is InChI=1S/C28H37N7O3/c1-3-22-25(20-10-11-20)33-28(26(32-22)27(29)38)31-21-8-4-7-19(17-21)12-13-30-23(36)18-34(2)24(37)9-5-14-35-15-6-16-35/h4-5,7-9,17,20H,3,6,10-16,18H2,1-2H3,(H2,29,38)(H,30,36)(H,31,33)/b9-5+. The Bertz CT molecular complexity index is 1200. The molecule has 2 fully saturated rings. The smallest absolute Gasteiger partial charge is 0.271 e. The quantitative estimate of drug-likeness (QED) is 0.345. The Morgan fingerprint density at radius 2 is 2.00 bits per heavy atom. The molecule has 3 amide bonds. The number of anilines is 2. The Kier molecular flexibility index (Phi) is 9.06. The number of amides is 3. The lowest BCUT2D eigenvalue weighted by molar-refractivity contribution is -0.131. The fraction of sp³-hybridized carbons (Fsp3) is 0.464. The Morgan fingerprint density at radius 1 is 1.21 bits per heavy atom. The third-order valence-corrected chi connectivity index (χ3v) is 6.79. The highest BCUT2D eigenvalue weighted by Crippen LogP contribution is 2.41. The molecule has 2 heterocycles. The molecule has 1 aliphatic heterocycles. The third-order valence-electron chi connectivity index (χ3n) is 6.79. The molecule has 0 bridgehead atoms. The van der Waals surface area contributed by atoms with Gasteiger partial charge in [0.15, 0.2) is 11.5 Å². The second-order valence-electron chi connectivity index (χ2n) is 9.92. The first-order valence-electron chi connectivity index (χ1n) is 13.3. The maximum absolute atomic E-state index is 12.3. The largest absolute Gasteiger partial charge is 0.364 e. The predicted octanol–water partition coefficient (Wildman–Crippen LogP) is 2.14. The second kappa shape index (κ2) is 12.6. The maximum Gasteiger partial charge on any atom is 0.271 e. The van der Waals surface area contributed by atoms with Crippen molar-refractivity contribution in [3.8, 4) is 0 Å². The van der Waals surface area contributed by atoms with Crippen LogP contribution < -0.4 is 16.4 Å². The Labute approximate surface area is 223 Å². The van der Waals surface area contributed by atoms with Crippen LogP contribution in [0.15, 0.2) is 36.4 Å². The van der Waals surface area contributed by atoms with Gasteiger partial charge in [-0.15, -0.1) is 0 Å². The van der Waals surface area contributed by atoms with Crippen molar-refractivity contribution in [3.05, 3.63) is 59.1 Å². The van der Waals surface area contributed by atoms with E-state index in [9.17, 15) is 14.4 Å². The van der Waals surface area contributed by atoms with E-state index in [0.29, 0.717) is 31.1 Å². The van der Waals surface area contributed by atoms with Gasteiger partial charge < -0.3 is 21.3 Å². The van der Waals surface area contributed by atoms with E-state index in [0.717, 1.165) is 55.1 Å². The van der Waals surface area contributed by atoms with Crippen molar-refractivity contribution >= 4 is 29.2 Å². The van der Waals surface area contributed by atoms with Crippen molar-refractivity contribution < 1.29 is 14.4 Å². The zero-order chi connectivity index (χ0) is 27.1. The third kappa shape index (κ3) is 7.38. The van der Waals surface area contributed by atoms with Crippen LogP contribution in [0.1, 0.15) is 59.5 Å². The normalized spacial score (nSPS) is 15.2. The van der Waals surface area contributed by atoms with E-state index in [2.05, 4.69) is 20.5 Å². The first-order valence-corrected chi connectivity index (χ1v) is 13.3. The number of hydrogen-bond acceptors (Lipinski definition) is 7. The summed E-state index contributed by atoms with van der Waals surface area (Å²) in [6.07, 6.45) is 8.04. The molecule has 1 aromatic heterocycles. The van der Waals surface area contributed by atoms with Gasteiger partial charge in [-0.25, -0.2) is 9.97 Å². The van der Waals surface area contributed by atoms with E-state index in [1.165, 1.54) is 17.4 Å². The number of aryl methyl sites for hydroxylation is 1. The number of nitrogens with zero attached hydrogens (tertiary/aromatic N) is 4. The number of benzene rings is 1. The summed E-state index contributed by atoms with van der Waals surface area (Å²) in [5, 5.41) is 6.10. The van der Waals surface area contributed by atoms with Crippen molar-refractivity contribution in [3.63, 3.8) is 0 Å². The molecule has 0 unspecified atom stereocenters. The van der Waals surface area contributed by atoms with Gasteiger partial charge in [-0.3, -0.25) is 19.3 Å². The average molecular weight is 520 g/mol. The number of likely N-dealkylation sites (tertiary alicyclic amines) is 1. The molecular weight excluding hydrogens is 482 g/mol. The van der Waals surface area contributed by atoms with Gasteiger partial charge in [0, 0.05) is 37.8 Å². The SMILES string of the molecule is CCc1nc(C(N)=O)c(Nc2cccc(CCNC(=O)CN(C)C(=O)/C=C/CN3CCC3)c2)nc1C1CC1. The lowest BCUT2D eigenvalue weighted by atomic mass is 10.1. The minimum Gasteiger partial charge on any atom is -0.364 e. The molecule has 4 N–H and O–H groups in total. The van der Waals surface area contributed by atoms with Crippen LogP contribution in [0.25, 0.3) is 0 Å². The Balaban J connectivity index is 1.29. The van der Waals surface area contributed by atoms with Crippen LogP contribution in [0, 0.1) is 0 Å². The molecule has 202 valence electrons. The van der Waals surface area contributed by atoms with Gasteiger partial charge in [0.25, 0.3) is 5.91 Å². The van der Waals surface area contributed by atoms with E-state index >= 15 is 0 Å². The van der Waals surface area contributed by atoms with Crippen LogP contribution in [0.5, 0.6) is 0 Å². The van der Waals surface area contributed by atoms with Crippen molar-refractivity contribution in [2.75, 3.05) is 45.1 Å². The molecule has 1 saturated carbocycles. The summed E-state index contributed by atoms with van der Waals surface area (Å²) in [7, 11) is 1.62. The van der Waals surface area contributed by atoms with Crippen LogP contribution in [0.4, 0.5) is 11.5 Å². The minimum absolute atomic E-state index is 0.000128. The fourth-order valence-corrected chi connectivity index (χ4v) is 4.32. The highest BCUT2D eigenvalue weighted by Gasteiger charge is 2.30. The van der Waals surface area contributed by atoms with Gasteiger partial charge in [-0.2, -0.15) is 0 Å². The molecular formula is C28H37N7O3. The molecule has 1 saturated heterocycles. The molecule has 2 aromatic rings. The summed E-state index contributed by atoms with van der Waals surface area (Å²) in [4.78, 5) is 49.5. The summed E-state index contributed by atoms with van der Waals surface area (Å²) in [6.45, 7) is 5.34. The molecule has 1 aromatic carbocycles. The zero-order valence-corrected chi connectivity index (χ0v) is 22.2. The van der Waals surface area contributed by atoms with E-state index in [1.807, 2.05) is 37.3 Å². The van der Waals surface area contributed by atoms with Crippen molar-refractivity contribution in [1.29, 1.82) is 0 Å². The molecule has 38 heavy (non-hydrogen) atoms. The minimum atomic E-state index is -0.619. The zero-order valence-electron chi connectivity index (χ0n) is 22.2. The summed E-state index contributed by atoms with van der Waals surface area (Å²) in [6, 6.07) is 7.70. The fourth-order valence-electron chi connectivity index (χ4n) is 4.32. The molecule has 0 spiro atoms. The molecule has 4 rings (SSSR count). The molecule has 0 radical (unpaired) electrons. The first kappa shape index (κ1) is 27.3. The van der Waals surface area contributed by atoms with E-state index in [4.69, 9.17) is 10.7 Å². The molecule has 0 atom stereocenters. The van der Waals surface area contributed by atoms with Crippen LogP contribution in [0.2, 0.25) is 0 Å². The number of carbonyl (C=O) groups is 3. The van der Waals surface area contributed by atoms with Gasteiger partial charge in [0.1, 0.15) is 0 Å². The van der Waals surface area contributed by atoms with Gasteiger partial charge in [0.2, 0.25) is 11.8 Å². The maximum atomic E-state index is 12.3. The number of carbonyl (C=O) groups excluding carboxylic acids is 3. The highest BCUT2D eigenvalue weighted by atomic mass is 16.2. The van der Waals surface area contributed by atoms with Gasteiger partial charge in [0.05, 0.1) is 17.9 Å². The number of nitrogens with two attached hydrogens (primary N) is 1. The molecule has 1 aliphatic carbocycles. The van der Waals surface area contributed by atoms with Gasteiger partial charge in [-0.1, -0.05) is 25.1 Å². The predicted molar refractivity (Wildman–Crippen MR) is 146 cm³/mol. The Hall–Kier alpha value is -3.79. The summed E-state index contributed by atoms with van der Waals surface area (Å²) in [5.74, 6) is -0.254. The first-order chi connectivity index (χ1) is 18.3. The van der Waals surface area contributed by atoms with Gasteiger partial charge >= 0.3 is 0 Å². The number of likely N-dealkylation sites (N-methyl/N-ethyl adjacent to an activating group) is 1. The number of hydrogen-bond donors (Lipinski definition) is 3. The van der Waals surface area contributed by atoms with Crippen molar-refractivity contribution in [1.82, 2.24) is 25.1 Å². The lowest BCUT2D eigenvalue weighted by Crippen LogP contribution is -2.39. The number of aromatic nitrogens is 2. The average Bonchev–Trinajstić information content (AvgIpc) is 3.70. The number of rotatable bonds is 13. The second-order valence-corrected chi connectivity index (χ2v) is 9.92. The van der Waals surface area contributed by atoms with Crippen LogP contribution in [0.3, 0.4) is 0 Å². The number of nitrogens with one attached hydrogen (secondary N) is 2. The Morgan fingerprint density at radius 3 is 2.66 bits per heavy atom. The van der Waals surface area contributed by atoms with Crippen LogP contribution in [-0.4, -0.2) is 77.3 Å². The summed E-state index contributed by atoms with van der Waals surface area (Å²) in [5.41, 5.74) is 9.26. The van der Waals surface area contributed by atoms with E-state index < -0.39 is 5.91 Å². The monoisotopic (exact) mass is 519 g/mol. The molecule has 10 heteroatoms. The van der Waals surface area contributed by atoms with E-state index in [1.54, 1.807) is 7.05 Å². The molecule has 10 nitrogen and oxygen atoms in total. The van der Waals surface area contributed by atoms with Crippen LogP contribution >= 0.6 is 0 Å². The highest BCUT2D eigenvalue weighted by molar-refractivity contribution is 5.96. The molecule has 2 aliphatic rings. The lowest BCUT2D eigenvalue weighted by Gasteiger charge is -2.29. The topological polar surface area (TPSA) is 134 Å². The summed E-state index contributed by atoms with van der Waals surface area (Å²) >= 11 is 0. The van der Waals surface area contributed by atoms with Crippen LogP contribution in [-0.2, 0) is 22.4 Å². The van der Waals surface area contributed by atoms with Gasteiger partial charge in [-0.05, 0) is 62.9 Å². The summed E-state index contributed by atoms with van der Waals surface area (Å²) < 4.78 is 0. The van der Waals surface area contributed by atoms with Crippen molar-refractivity contribution in [2.45, 2.75) is 44.9 Å². The van der Waals surface area contributed by atoms with Crippen molar-refractivity contribution in [2.24, 2.45) is 5.73 Å². The van der Waals surface area contributed by atoms with E-state index in [-0.39, 0.29) is 24.1 Å². The number of primary amides is 1.